The van der Waals surface area contributed by atoms with Crippen molar-refractivity contribution < 1.29 is 19.1 Å². The number of ether oxygens (including phenoxy) is 1. The third kappa shape index (κ3) is 3.32. The second kappa shape index (κ2) is 5.63. The zero-order chi connectivity index (χ0) is 12.1. The molecule has 5 nitrogen and oxygen atoms in total. The summed E-state index contributed by atoms with van der Waals surface area (Å²) >= 11 is 0. The molecule has 1 aliphatic rings. The number of esters is 1. The lowest BCUT2D eigenvalue weighted by Crippen LogP contribution is -2.30. The van der Waals surface area contributed by atoms with Crippen LogP contribution in [0.2, 0.25) is 0 Å². The van der Waals surface area contributed by atoms with Crippen LogP contribution >= 0.6 is 0 Å². The Morgan fingerprint density at radius 1 is 1.31 bits per heavy atom. The van der Waals surface area contributed by atoms with E-state index in [1.54, 1.807) is 4.90 Å². The summed E-state index contributed by atoms with van der Waals surface area (Å²) in [5.74, 6) is -0.508. The highest BCUT2D eigenvalue weighted by molar-refractivity contribution is 5.84. The maximum atomic E-state index is 11.6. The van der Waals surface area contributed by atoms with Crippen LogP contribution in [0.1, 0.15) is 26.2 Å². The van der Waals surface area contributed by atoms with E-state index in [1.807, 2.05) is 0 Å². The Hall–Kier alpha value is -1.39. The number of carbonyl (C=O) groups excluding carboxylic acids is 3. The fourth-order valence-electron chi connectivity index (χ4n) is 1.79. The van der Waals surface area contributed by atoms with Crippen LogP contribution in [-0.2, 0) is 19.1 Å². The number of hydrogen-bond acceptors (Lipinski definition) is 4. The number of amides is 1. The van der Waals surface area contributed by atoms with Crippen molar-refractivity contribution >= 4 is 17.7 Å². The molecule has 1 atom stereocenters. The number of methoxy groups -OCH3 is 1. The summed E-state index contributed by atoms with van der Waals surface area (Å²) in [7, 11) is 1.35. The van der Waals surface area contributed by atoms with Gasteiger partial charge in [-0.15, -0.1) is 0 Å². The van der Waals surface area contributed by atoms with Crippen LogP contribution in [0.5, 0.6) is 0 Å². The molecule has 0 bridgehead atoms. The number of ketones is 1. The van der Waals surface area contributed by atoms with Gasteiger partial charge in [-0.25, -0.2) is 0 Å². The predicted octanol–water partition coefficient (Wildman–Crippen LogP) is 0.377. The van der Waals surface area contributed by atoms with E-state index >= 15 is 0 Å². The van der Waals surface area contributed by atoms with Crippen molar-refractivity contribution in [2.75, 3.05) is 20.2 Å². The Bertz CT molecular complexity index is 300. The van der Waals surface area contributed by atoms with Crippen molar-refractivity contribution in [3.63, 3.8) is 0 Å². The van der Waals surface area contributed by atoms with E-state index < -0.39 is 0 Å². The Kier molecular flexibility index (Phi) is 4.46. The first-order chi connectivity index (χ1) is 7.54. The van der Waals surface area contributed by atoms with Gasteiger partial charge in [-0.05, 0) is 13.3 Å². The lowest BCUT2D eigenvalue weighted by Gasteiger charge is -2.15. The van der Waals surface area contributed by atoms with Crippen molar-refractivity contribution in [2.24, 2.45) is 5.92 Å². The van der Waals surface area contributed by atoms with Crippen molar-refractivity contribution in [3.05, 3.63) is 0 Å². The maximum Gasteiger partial charge on any atom is 0.310 e. The van der Waals surface area contributed by atoms with Crippen LogP contribution in [0.4, 0.5) is 0 Å². The molecule has 0 N–H and O–H groups in total. The first kappa shape index (κ1) is 12.7. The predicted molar refractivity (Wildman–Crippen MR) is 56.6 cm³/mol. The largest absolute Gasteiger partial charge is 0.469 e. The minimum Gasteiger partial charge on any atom is -0.469 e. The normalized spacial score (nSPS) is 19.6. The van der Waals surface area contributed by atoms with Gasteiger partial charge in [0.05, 0.1) is 13.0 Å². The molecule has 1 rings (SSSR count). The van der Waals surface area contributed by atoms with E-state index in [-0.39, 0.29) is 36.4 Å². The van der Waals surface area contributed by atoms with Crippen LogP contribution in [0.15, 0.2) is 0 Å². The van der Waals surface area contributed by atoms with Crippen molar-refractivity contribution in [1.29, 1.82) is 0 Å². The van der Waals surface area contributed by atoms with Gasteiger partial charge in [-0.3, -0.25) is 9.59 Å². The minimum atomic E-state index is -0.262. The van der Waals surface area contributed by atoms with Crippen molar-refractivity contribution in [3.8, 4) is 0 Å². The van der Waals surface area contributed by atoms with Crippen LogP contribution in [0, 0.1) is 5.92 Å². The zero-order valence-electron chi connectivity index (χ0n) is 9.69. The second-order valence-corrected chi connectivity index (χ2v) is 4.05. The Labute approximate surface area is 94.7 Å². The highest BCUT2D eigenvalue weighted by Crippen LogP contribution is 2.18. The molecule has 1 heterocycles. The van der Waals surface area contributed by atoms with Crippen LogP contribution in [0.3, 0.4) is 0 Å². The Morgan fingerprint density at radius 2 is 2.00 bits per heavy atom. The molecule has 0 aromatic carbocycles. The third-order valence-electron chi connectivity index (χ3n) is 2.77. The molecular formula is C11H17NO4. The van der Waals surface area contributed by atoms with Crippen LogP contribution < -0.4 is 0 Å². The van der Waals surface area contributed by atoms with Gasteiger partial charge >= 0.3 is 5.97 Å². The average Bonchev–Trinajstić information content (AvgIpc) is 2.74. The molecule has 1 saturated heterocycles. The third-order valence-corrected chi connectivity index (χ3v) is 2.77. The number of hydrogen-bond donors (Lipinski definition) is 0. The molecule has 1 amide bonds. The smallest absolute Gasteiger partial charge is 0.310 e. The van der Waals surface area contributed by atoms with Gasteiger partial charge in [0.15, 0.2) is 0 Å². The quantitative estimate of drug-likeness (QED) is 0.651. The van der Waals surface area contributed by atoms with E-state index in [0.717, 1.165) is 0 Å². The lowest BCUT2D eigenvalue weighted by atomic mass is 10.1. The highest BCUT2D eigenvalue weighted by atomic mass is 16.5. The van der Waals surface area contributed by atoms with Gasteiger partial charge < -0.3 is 14.4 Å². The number of likely N-dealkylation sites (tertiary alicyclic amines) is 1. The molecule has 0 aromatic heterocycles. The monoisotopic (exact) mass is 227 g/mol. The standard InChI is InChI=1S/C11H17NO4/c1-8(13)3-4-10(14)12-6-5-9(7-12)11(15)16-2/h9H,3-7H2,1-2H3. The summed E-state index contributed by atoms with van der Waals surface area (Å²) in [6, 6.07) is 0. The van der Waals surface area contributed by atoms with Gasteiger partial charge in [0, 0.05) is 25.9 Å². The first-order valence-corrected chi connectivity index (χ1v) is 5.39. The molecule has 0 radical (unpaired) electrons. The summed E-state index contributed by atoms with van der Waals surface area (Å²) in [6.45, 7) is 2.47. The maximum absolute atomic E-state index is 11.6. The molecule has 90 valence electrons. The van der Waals surface area contributed by atoms with E-state index in [9.17, 15) is 14.4 Å². The van der Waals surface area contributed by atoms with Gasteiger partial charge in [0.1, 0.15) is 5.78 Å². The highest BCUT2D eigenvalue weighted by Gasteiger charge is 2.31. The SMILES string of the molecule is COC(=O)C1CCN(C(=O)CCC(C)=O)C1. The molecule has 0 spiro atoms. The molecule has 0 saturated carbocycles. The molecule has 0 aromatic rings. The molecule has 5 heteroatoms. The van der Waals surface area contributed by atoms with Crippen molar-refractivity contribution in [1.82, 2.24) is 4.90 Å². The molecule has 1 aliphatic heterocycles. The molecule has 16 heavy (non-hydrogen) atoms. The fourth-order valence-corrected chi connectivity index (χ4v) is 1.79. The van der Waals surface area contributed by atoms with Crippen LogP contribution in [0.25, 0.3) is 0 Å². The van der Waals surface area contributed by atoms with E-state index in [0.29, 0.717) is 19.5 Å². The van der Waals surface area contributed by atoms with E-state index in [2.05, 4.69) is 4.74 Å². The van der Waals surface area contributed by atoms with Gasteiger partial charge in [0.2, 0.25) is 5.91 Å². The molecule has 1 unspecified atom stereocenters. The molecule has 1 fully saturated rings. The second-order valence-electron chi connectivity index (χ2n) is 4.05. The number of rotatable bonds is 4. The topological polar surface area (TPSA) is 63.7 Å². The van der Waals surface area contributed by atoms with Crippen LogP contribution in [-0.4, -0.2) is 42.8 Å². The molecule has 0 aliphatic carbocycles. The number of nitrogens with zero attached hydrogens (tertiary/aromatic N) is 1. The number of carbonyl (C=O) groups is 3. The Morgan fingerprint density at radius 3 is 2.56 bits per heavy atom. The molecular weight excluding hydrogens is 210 g/mol. The van der Waals surface area contributed by atoms with Gasteiger partial charge in [0.25, 0.3) is 0 Å². The summed E-state index contributed by atoms with van der Waals surface area (Å²) in [5.41, 5.74) is 0. The lowest BCUT2D eigenvalue weighted by molar-refractivity contribution is -0.145. The Balaban J connectivity index is 2.37. The van der Waals surface area contributed by atoms with Gasteiger partial charge in [-0.2, -0.15) is 0 Å². The van der Waals surface area contributed by atoms with E-state index in [1.165, 1.54) is 14.0 Å². The average molecular weight is 227 g/mol. The first-order valence-electron chi connectivity index (χ1n) is 5.39. The minimum absolute atomic E-state index is 0.0112. The summed E-state index contributed by atoms with van der Waals surface area (Å²) in [6.07, 6.45) is 1.17. The summed E-state index contributed by atoms with van der Waals surface area (Å²) < 4.78 is 4.63. The number of Topliss-reactive ketones (excluding diaryl/α,β-unsaturated/α-hetero) is 1. The fraction of sp³-hybridized carbons (Fsp3) is 0.727. The van der Waals surface area contributed by atoms with Gasteiger partial charge in [-0.1, -0.05) is 0 Å². The van der Waals surface area contributed by atoms with Crippen molar-refractivity contribution in [2.45, 2.75) is 26.2 Å². The summed E-state index contributed by atoms with van der Waals surface area (Å²) in [5, 5.41) is 0. The summed E-state index contributed by atoms with van der Waals surface area (Å²) in [4.78, 5) is 35.2. The zero-order valence-corrected chi connectivity index (χ0v) is 9.69. The van der Waals surface area contributed by atoms with E-state index in [4.69, 9.17) is 0 Å².